The summed E-state index contributed by atoms with van der Waals surface area (Å²) in [5.41, 5.74) is 2.18. The van der Waals surface area contributed by atoms with Crippen LogP contribution in [0.25, 0.3) is 6.08 Å². The second-order valence-electron chi connectivity index (χ2n) is 2.70. The molecule has 0 aliphatic carbocycles. The summed E-state index contributed by atoms with van der Waals surface area (Å²) in [5, 5.41) is 0. The van der Waals surface area contributed by atoms with Crippen molar-refractivity contribution in [1.82, 2.24) is 0 Å². The highest BCUT2D eigenvalue weighted by atomic mass is 19.1. The van der Waals surface area contributed by atoms with Gasteiger partial charge in [-0.15, -0.1) is 0 Å². The van der Waals surface area contributed by atoms with Gasteiger partial charge in [-0.1, -0.05) is 25.1 Å². The molecule has 0 radical (unpaired) electrons. The summed E-state index contributed by atoms with van der Waals surface area (Å²) in [7, 11) is 0. The van der Waals surface area contributed by atoms with Crippen LogP contribution < -0.4 is 0 Å². The van der Waals surface area contributed by atoms with E-state index >= 15 is 0 Å². The third kappa shape index (κ3) is 1.94. The van der Waals surface area contributed by atoms with Gasteiger partial charge >= 0.3 is 0 Å². The molecule has 0 saturated carbocycles. The van der Waals surface area contributed by atoms with Crippen molar-refractivity contribution in [2.75, 3.05) is 0 Å². The molecule has 0 N–H and O–H groups in total. The topological polar surface area (TPSA) is 0 Å². The van der Waals surface area contributed by atoms with Gasteiger partial charge in [-0.05, 0) is 36.6 Å². The van der Waals surface area contributed by atoms with E-state index in [9.17, 15) is 4.39 Å². The van der Waals surface area contributed by atoms with E-state index in [1.165, 1.54) is 6.07 Å². The molecule has 0 amide bonds. The maximum Gasteiger partial charge on any atom is 0.123 e. The fraction of sp³-hybridized carbons (Fsp3) is 0.273. The van der Waals surface area contributed by atoms with Crippen molar-refractivity contribution in [2.24, 2.45) is 0 Å². The molecule has 64 valence electrons. The standard InChI is InChI=1S/C11H13F/c1-3-5-10-6-7-11(12)8-9(10)4-2/h3,5-8H,4H2,1-2H3/b5-3+. The van der Waals surface area contributed by atoms with Gasteiger partial charge in [-0.25, -0.2) is 4.39 Å². The Morgan fingerprint density at radius 3 is 2.75 bits per heavy atom. The Bertz CT molecular complexity index is 287. The molecule has 12 heavy (non-hydrogen) atoms. The van der Waals surface area contributed by atoms with E-state index in [0.717, 1.165) is 17.5 Å². The molecule has 0 aliphatic rings. The van der Waals surface area contributed by atoms with Gasteiger partial charge in [0.1, 0.15) is 5.82 Å². The molecule has 1 aromatic carbocycles. The van der Waals surface area contributed by atoms with Crippen molar-refractivity contribution in [2.45, 2.75) is 20.3 Å². The predicted octanol–water partition coefficient (Wildman–Crippen LogP) is 3.42. The molecule has 0 saturated heterocycles. The van der Waals surface area contributed by atoms with Crippen molar-refractivity contribution < 1.29 is 4.39 Å². The zero-order valence-electron chi connectivity index (χ0n) is 7.47. The van der Waals surface area contributed by atoms with E-state index in [1.807, 2.05) is 32.1 Å². The minimum absolute atomic E-state index is 0.153. The summed E-state index contributed by atoms with van der Waals surface area (Å²) in [6.45, 7) is 3.99. The first-order valence-electron chi connectivity index (χ1n) is 4.19. The number of benzene rings is 1. The van der Waals surface area contributed by atoms with Gasteiger partial charge < -0.3 is 0 Å². The summed E-state index contributed by atoms with van der Waals surface area (Å²) in [6.07, 6.45) is 4.84. The van der Waals surface area contributed by atoms with E-state index in [-0.39, 0.29) is 5.82 Å². The fourth-order valence-corrected chi connectivity index (χ4v) is 1.22. The summed E-state index contributed by atoms with van der Waals surface area (Å²) in [4.78, 5) is 0. The van der Waals surface area contributed by atoms with Gasteiger partial charge in [0, 0.05) is 0 Å². The first-order valence-corrected chi connectivity index (χ1v) is 4.19. The lowest BCUT2D eigenvalue weighted by Crippen LogP contribution is -1.87. The van der Waals surface area contributed by atoms with Gasteiger partial charge in [0.15, 0.2) is 0 Å². The summed E-state index contributed by atoms with van der Waals surface area (Å²) in [5.74, 6) is -0.153. The zero-order valence-corrected chi connectivity index (χ0v) is 7.47. The van der Waals surface area contributed by atoms with E-state index in [1.54, 1.807) is 6.07 Å². The van der Waals surface area contributed by atoms with Crippen LogP contribution in [-0.2, 0) is 6.42 Å². The summed E-state index contributed by atoms with van der Waals surface area (Å²) < 4.78 is 12.8. The molecule has 0 heterocycles. The van der Waals surface area contributed by atoms with Crippen LogP contribution >= 0.6 is 0 Å². The smallest absolute Gasteiger partial charge is 0.123 e. The maximum absolute atomic E-state index is 12.8. The third-order valence-corrected chi connectivity index (χ3v) is 1.83. The molecule has 0 unspecified atom stereocenters. The predicted molar refractivity (Wildman–Crippen MR) is 50.5 cm³/mol. The van der Waals surface area contributed by atoms with Crippen molar-refractivity contribution >= 4 is 6.08 Å². The van der Waals surface area contributed by atoms with E-state index in [0.29, 0.717) is 0 Å². The highest BCUT2D eigenvalue weighted by Gasteiger charge is 1.98. The summed E-state index contributed by atoms with van der Waals surface area (Å²) >= 11 is 0. The molecule has 0 bridgehead atoms. The Hall–Kier alpha value is -1.11. The van der Waals surface area contributed by atoms with Crippen LogP contribution in [0.5, 0.6) is 0 Å². The summed E-state index contributed by atoms with van der Waals surface area (Å²) in [6, 6.07) is 4.90. The second kappa shape index (κ2) is 4.05. The maximum atomic E-state index is 12.8. The van der Waals surface area contributed by atoms with Crippen molar-refractivity contribution in [1.29, 1.82) is 0 Å². The largest absolute Gasteiger partial charge is 0.207 e. The van der Waals surface area contributed by atoms with Gasteiger partial charge in [-0.2, -0.15) is 0 Å². The highest BCUT2D eigenvalue weighted by molar-refractivity contribution is 5.53. The molecule has 1 heteroatoms. The van der Waals surface area contributed by atoms with Crippen LogP contribution in [0, 0.1) is 5.82 Å². The highest BCUT2D eigenvalue weighted by Crippen LogP contribution is 2.13. The minimum atomic E-state index is -0.153. The van der Waals surface area contributed by atoms with Crippen LogP contribution in [0.1, 0.15) is 25.0 Å². The van der Waals surface area contributed by atoms with Gasteiger partial charge in [0.2, 0.25) is 0 Å². The SMILES string of the molecule is C/C=C/c1ccc(F)cc1CC. The van der Waals surface area contributed by atoms with E-state index in [4.69, 9.17) is 0 Å². The minimum Gasteiger partial charge on any atom is -0.207 e. The Balaban J connectivity index is 3.10. The molecule has 0 aromatic heterocycles. The van der Waals surface area contributed by atoms with Crippen molar-refractivity contribution in [3.63, 3.8) is 0 Å². The third-order valence-electron chi connectivity index (χ3n) is 1.83. The van der Waals surface area contributed by atoms with Crippen LogP contribution in [-0.4, -0.2) is 0 Å². The molecule has 0 atom stereocenters. The number of allylic oxidation sites excluding steroid dienone is 1. The lowest BCUT2D eigenvalue weighted by Gasteiger charge is -2.02. The first kappa shape index (κ1) is 8.98. The van der Waals surface area contributed by atoms with Gasteiger partial charge in [-0.3, -0.25) is 0 Å². The van der Waals surface area contributed by atoms with Gasteiger partial charge in [0.05, 0.1) is 0 Å². The number of halogens is 1. The molecule has 0 spiro atoms. The average Bonchev–Trinajstić information content (AvgIpc) is 2.08. The molecule has 0 aliphatic heterocycles. The van der Waals surface area contributed by atoms with Gasteiger partial charge in [0.25, 0.3) is 0 Å². The number of rotatable bonds is 2. The zero-order chi connectivity index (χ0) is 8.97. The lowest BCUT2D eigenvalue weighted by atomic mass is 10.0. The van der Waals surface area contributed by atoms with E-state index in [2.05, 4.69) is 0 Å². The van der Waals surface area contributed by atoms with Crippen LogP contribution in [0.2, 0.25) is 0 Å². The molecule has 0 nitrogen and oxygen atoms in total. The Morgan fingerprint density at radius 2 is 2.17 bits per heavy atom. The van der Waals surface area contributed by atoms with Crippen LogP contribution in [0.4, 0.5) is 4.39 Å². The van der Waals surface area contributed by atoms with Crippen LogP contribution in [0.3, 0.4) is 0 Å². The van der Waals surface area contributed by atoms with Crippen molar-refractivity contribution in [3.05, 3.63) is 41.2 Å². The normalized spacial score (nSPS) is 10.9. The molecule has 1 rings (SSSR count). The first-order chi connectivity index (χ1) is 5.77. The quantitative estimate of drug-likeness (QED) is 0.628. The van der Waals surface area contributed by atoms with Crippen LogP contribution in [0.15, 0.2) is 24.3 Å². The molecule has 0 fully saturated rings. The number of aryl methyl sites for hydroxylation is 1. The molecular weight excluding hydrogens is 151 g/mol. The molecular formula is C11H13F. The Labute approximate surface area is 72.7 Å². The monoisotopic (exact) mass is 164 g/mol. The fourth-order valence-electron chi connectivity index (χ4n) is 1.22. The number of hydrogen-bond acceptors (Lipinski definition) is 0. The second-order valence-corrected chi connectivity index (χ2v) is 2.70. The molecule has 1 aromatic rings. The average molecular weight is 164 g/mol. The lowest BCUT2D eigenvalue weighted by molar-refractivity contribution is 0.625. The Kier molecular flexibility index (Phi) is 3.03. The number of hydrogen-bond donors (Lipinski definition) is 0. The van der Waals surface area contributed by atoms with Crippen molar-refractivity contribution in [3.8, 4) is 0 Å². The Morgan fingerprint density at radius 1 is 1.42 bits per heavy atom. The van der Waals surface area contributed by atoms with E-state index < -0.39 is 0 Å².